The Balaban J connectivity index is 1.69. The number of carbonyl (C=O) groups excluding carboxylic acids is 1. The van der Waals surface area contributed by atoms with Crippen molar-refractivity contribution in [2.45, 2.75) is 43.6 Å². The molecule has 1 fully saturated rings. The Morgan fingerprint density at radius 1 is 1.22 bits per heavy atom. The van der Waals surface area contributed by atoms with Crippen LogP contribution >= 0.6 is 11.8 Å². The number of benzene rings is 2. The van der Waals surface area contributed by atoms with E-state index in [0.29, 0.717) is 25.3 Å². The second kappa shape index (κ2) is 11.4. The topological polar surface area (TPSA) is 83.5 Å². The molecular formula is C26H31F2N5O2S. The van der Waals surface area contributed by atoms with Crippen molar-refractivity contribution in [3.05, 3.63) is 71.3 Å². The minimum absolute atomic E-state index is 0.0111. The molecule has 4 rings (SSSR count). The maximum atomic E-state index is 14.7. The highest BCUT2D eigenvalue weighted by Gasteiger charge is 2.49. The number of guanidine groups is 1. The van der Waals surface area contributed by atoms with Crippen LogP contribution in [-0.4, -0.2) is 59.7 Å². The van der Waals surface area contributed by atoms with Crippen molar-refractivity contribution in [3.63, 3.8) is 0 Å². The maximum Gasteiger partial charge on any atom is 0.273 e. The zero-order chi connectivity index (χ0) is 25.7. The van der Waals surface area contributed by atoms with E-state index in [2.05, 4.69) is 15.0 Å². The molecule has 2 aromatic rings. The standard InChI is InChI=1S/C26H31F2N5O2S/c1-18(35-2)24(34)33-26(19-9-4-3-5-10-19,13-8-14-30-25(29)32-15-6-7-16-32)36-23(31-33)21-17-20(27)11-12-22(21)28/h3-5,9-12,17-18H,6-8,13-16H2,1-2H3,(H2,29,30)/t18-,26?/m0/s1. The van der Waals surface area contributed by atoms with Gasteiger partial charge in [-0.2, -0.15) is 5.10 Å². The highest BCUT2D eigenvalue weighted by atomic mass is 32.2. The number of hydrogen-bond donors (Lipinski definition) is 1. The van der Waals surface area contributed by atoms with E-state index in [4.69, 9.17) is 10.5 Å². The lowest BCUT2D eigenvalue weighted by Gasteiger charge is -2.36. The van der Waals surface area contributed by atoms with Crippen molar-refractivity contribution < 1.29 is 18.3 Å². The summed E-state index contributed by atoms with van der Waals surface area (Å²) in [5, 5.41) is 6.14. The summed E-state index contributed by atoms with van der Waals surface area (Å²) in [6.45, 7) is 3.92. The molecule has 2 aliphatic rings. The van der Waals surface area contributed by atoms with Crippen molar-refractivity contribution in [3.8, 4) is 0 Å². The third-order valence-electron chi connectivity index (χ3n) is 6.47. The van der Waals surface area contributed by atoms with Gasteiger partial charge < -0.3 is 15.4 Å². The number of ether oxygens (including phenoxy) is 1. The van der Waals surface area contributed by atoms with Gasteiger partial charge in [-0.25, -0.2) is 13.8 Å². The first kappa shape index (κ1) is 26.1. The molecule has 0 bridgehead atoms. The van der Waals surface area contributed by atoms with E-state index < -0.39 is 22.6 Å². The lowest BCUT2D eigenvalue weighted by molar-refractivity contribution is -0.144. The van der Waals surface area contributed by atoms with Gasteiger partial charge in [0.05, 0.1) is 0 Å². The molecule has 0 radical (unpaired) electrons. The highest BCUT2D eigenvalue weighted by Crippen LogP contribution is 2.51. The summed E-state index contributed by atoms with van der Waals surface area (Å²) < 4.78 is 34.1. The fourth-order valence-electron chi connectivity index (χ4n) is 4.41. The van der Waals surface area contributed by atoms with Crippen LogP contribution in [0, 0.1) is 11.6 Å². The number of amides is 1. The van der Waals surface area contributed by atoms with Crippen LogP contribution in [0.1, 0.15) is 43.7 Å². The van der Waals surface area contributed by atoms with E-state index in [0.717, 1.165) is 49.7 Å². The number of hydrogen-bond acceptors (Lipinski definition) is 5. The lowest BCUT2D eigenvalue weighted by atomic mass is 9.99. The fourth-order valence-corrected chi connectivity index (χ4v) is 5.83. The van der Waals surface area contributed by atoms with Gasteiger partial charge in [0.25, 0.3) is 5.91 Å². The highest BCUT2D eigenvalue weighted by molar-refractivity contribution is 8.15. The number of nitrogens with two attached hydrogens (primary N) is 1. The number of likely N-dealkylation sites (tertiary alicyclic amines) is 1. The summed E-state index contributed by atoms with van der Waals surface area (Å²) >= 11 is 1.24. The molecular weight excluding hydrogens is 484 g/mol. The van der Waals surface area contributed by atoms with Gasteiger partial charge in [-0.1, -0.05) is 42.1 Å². The second-order valence-electron chi connectivity index (χ2n) is 8.85. The van der Waals surface area contributed by atoms with Crippen LogP contribution in [0.3, 0.4) is 0 Å². The Morgan fingerprint density at radius 2 is 1.94 bits per heavy atom. The predicted molar refractivity (Wildman–Crippen MR) is 138 cm³/mol. The summed E-state index contributed by atoms with van der Waals surface area (Å²) in [4.78, 5) is 19.1. The molecule has 192 valence electrons. The Bertz CT molecular complexity index is 1140. The van der Waals surface area contributed by atoms with Gasteiger partial charge in [-0.05, 0) is 56.4 Å². The Morgan fingerprint density at radius 3 is 2.64 bits per heavy atom. The van der Waals surface area contributed by atoms with Crippen LogP contribution in [0.5, 0.6) is 0 Å². The zero-order valence-electron chi connectivity index (χ0n) is 20.5. The molecule has 7 nitrogen and oxygen atoms in total. The first-order valence-corrected chi connectivity index (χ1v) is 12.9. The molecule has 1 amide bonds. The number of nitrogens with zero attached hydrogens (tertiary/aromatic N) is 4. The maximum absolute atomic E-state index is 14.7. The van der Waals surface area contributed by atoms with Crippen molar-refractivity contribution in [2.24, 2.45) is 15.8 Å². The Kier molecular flexibility index (Phi) is 8.25. The summed E-state index contributed by atoms with van der Waals surface area (Å²) in [5.41, 5.74) is 7.00. The summed E-state index contributed by atoms with van der Waals surface area (Å²) in [6, 6.07) is 12.7. The monoisotopic (exact) mass is 515 g/mol. The molecule has 10 heteroatoms. The zero-order valence-corrected chi connectivity index (χ0v) is 21.3. The molecule has 0 saturated carbocycles. The van der Waals surface area contributed by atoms with Crippen molar-refractivity contribution >= 4 is 28.7 Å². The fraction of sp³-hybridized carbons (Fsp3) is 0.423. The number of rotatable bonds is 8. The van der Waals surface area contributed by atoms with Crippen molar-refractivity contribution in [2.75, 3.05) is 26.7 Å². The largest absolute Gasteiger partial charge is 0.372 e. The molecule has 2 aromatic carbocycles. The number of carbonyl (C=O) groups is 1. The molecule has 2 atom stereocenters. The SMILES string of the molecule is CO[C@@H](C)C(=O)N1N=C(c2cc(F)ccc2F)SC1(CCCN=C(N)N1CCCC1)c1ccccc1. The van der Waals surface area contributed by atoms with E-state index in [1.54, 1.807) is 6.92 Å². The number of thioether (sulfide) groups is 1. The first-order valence-electron chi connectivity index (χ1n) is 12.1. The average molecular weight is 516 g/mol. The summed E-state index contributed by atoms with van der Waals surface area (Å²) in [6.07, 6.45) is 2.49. The predicted octanol–water partition coefficient (Wildman–Crippen LogP) is 4.28. The minimum atomic E-state index is -0.989. The first-order chi connectivity index (χ1) is 17.4. The van der Waals surface area contributed by atoms with Gasteiger partial charge in [0, 0.05) is 32.3 Å². The molecule has 2 aliphatic heterocycles. The lowest BCUT2D eigenvalue weighted by Crippen LogP contribution is -2.45. The van der Waals surface area contributed by atoms with Crippen molar-refractivity contribution in [1.29, 1.82) is 0 Å². The summed E-state index contributed by atoms with van der Waals surface area (Å²) in [5.74, 6) is -1.04. The van der Waals surface area contributed by atoms with Crippen LogP contribution in [0.4, 0.5) is 8.78 Å². The van der Waals surface area contributed by atoms with E-state index >= 15 is 0 Å². The molecule has 0 aromatic heterocycles. The van der Waals surface area contributed by atoms with E-state index in [9.17, 15) is 13.6 Å². The normalized spacial score (nSPS) is 21.1. The summed E-state index contributed by atoms with van der Waals surface area (Å²) in [7, 11) is 1.45. The van der Waals surface area contributed by atoms with Crippen LogP contribution in [-0.2, 0) is 14.4 Å². The minimum Gasteiger partial charge on any atom is -0.372 e. The Hall–Kier alpha value is -2.98. The number of halogens is 2. The van der Waals surface area contributed by atoms with Crippen LogP contribution in [0.2, 0.25) is 0 Å². The van der Waals surface area contributed by atoms with E-state index in [1.807, 2.05) is 30.3 Å². The van der Waals surface area contributed by atoms with Crippen LogP contribution < -0.4 is 5.73 Å². The quantitative estimate of drug-likeness (QED) is 0.322. The van der Waals surface area contributed by atoms with Gasteiger partial charge in [0.1, 0.15) is 27.7 Å². The van der Waals surface area contributed by atoms with E-state index in [-0.39, 0.29) is 16.5 Å². The third kappa shape index (κ3) is 5.39. The van der Waals surface area contributed by atoms with E-state index in [1.165, 1.54) is 23.9 Å². The van der Waals surface area contributed by atoms with Gasteiger partial charge in [0.15, 0.2) is 5.96 Å². The third-order valence-corrected chi connectivity index (χ3v) is 7.92. The molecule has 1 unspecified atom stereocenters. The Labute approximate surface area is 214 Å². The average Bonchev–Trinajstić information content (AvgIpc) is 3.57. The number of aliphatic imine (C=N–C) groups is 1. The molecule has 36 heavy (non-hydrogen) atoms. The molecule has 2 N–H and O–H groups in total. The van der Waals surface area contributed by atoms with Gasteiger partial charge in [0.2, 0.25) is 0 Å². The van der Waals surface area contributed by atoms with Gasteiger partial charge in [-0.3, -0.25) is 9.79 Å². The van der Waals surface area contributed by atoms with Gasteiger partial charge in [-0.15, -0.1) is 0 Å². The molecule has 0 aliphatic carbocycles. The van der Waals surface area contributed by atoms with Crippen LogP contribution in [0.15, 0.2) is 58.6 Å². The molecule has 0 spiro atoms. The molecule has 1 saturated heterocycles. The number of hydrazone groups is 1. The van der Waals surface area contributed by atoms with Crippen LogP contribution in [0.25, 0.3) is 0 Å². The number of methoxy groups -OCH3 is 1. The van der Waals surface area contributed by atoms with Gasteiger partial charge >= 0.3 is 0 Å². The second-order valence-corrected chi connectivity index (χ2v) is 10.1. The smallest absolute Gasteiger partial charge is 0.273 e. The van der Waals surface area contributed by atoms with Crippen molar-refractivity contribution in [1.82, 2.24) is 9.91 Å². The molecule has 2 heterocycles.